The summed E-state index contributed by atoms with van der Waals surface area (Å²) in [5, 5.41) is 4.50. The predicted octanol–water partition coefficient (Wildman–Crippen LogP) is 3.20. The third-order valence-corrected chi connectivity index (χ3v) is 8.34. The SMILES string of the molecule is CC1CCCCN1C(=O)CSc1nn2c(=O)c3c(nc2s1)CCN(Cc1ccccc1)C3. The molecule has 0 spiro atoms. The fourth-order valence-electron chi connectivity index (χ4n) is 4.55. The fraction of sp³-hybridized carbons (Fsp3) is 0.478. The van der Waals surface area contributed by atoms with Crippen molar-refractivity contribution in [2.45, 2.75) is 56.1 Å². The summed E-state index contributed by atoms with van der Waals surface area (Å²) < 4.78 is 2.14. The van der Waals surface area contributed by atoms with Crippen LogP contribution >= 0.6 is 23.1 Å². The molecule has 4 heterocycles. The van der Waals surface area contributed by atoms with Crippen LogP contribution in [0.15, 0.2) is 39.5 Å². The molecule has 3 aromatic rings. The molecule has 0 N–H and O–H groups in total. The van der Waals surface area contributed by atoms with Crippen LogP contribution in [0, 0.1) is 0 Å². The minimum atomic E-state index is -0.0816. The second-order valence-electron chi connectivity index (χ2n) is 8.57. The highest BCUT2D eigenvalue weighted by molar-refractivity contribution is 8.01. The molecule has 5 rings (SSSR count). The van der Waals surface area contributed by atoms with Crippen molar-refractivity contribution in [2.24, 2.45) is 0 Å². The molecule has 1 saturated heterocycles. The van der Waals surface area contributed by atoms with Gasteiger partial charge >= 0.3 is 0 Å². The van der Waals surface area contributed by atoms with E-state index in [-0.39, 0.29) is 11.5 Å². The van der Waals surface area contributed by atoms with Gasteiger partial charge in [0.25, 0.3) is 5.56 Å². The van der Waals surface area contributed by atoms with Crippen molar-refractivity contribution >= 4 is 34.0 Å². The maximum absolute atomic E-state index is 13.2. The first-order chi connectivity index (χ1) is 15.6. The molecule has 1 aromatic carbocycles. The Labute approximate surface area is 195 Å². The number of hydrogen-bond donors (Lipinski definition) is 0. The van der Waals surface area contributed by atoms with E-state index in [4.69, 9.17) is 4.98 Å². The number of aromatic nitrogens is 3. The first-order valence-electron chi connectivity index (χ1n) is 11.2. The molecule has 32 heavy (non-hydrogen) atoms. The highest BCUT2D eigenvalue weighted by Crippen LogP contribution is 2.26. The van der Waals surface area contributed by atoms with Crippen molar-refractivity contribution in [1.29, 1.82) is 0 Å². The van der Waals surface area contributed by atoms with Gasteiger partial charge in [-0.25, -0.2) is 4.98 Å². The van der Waals surface area contributed by atoms with Crippen molar-refractivity contribution in [2.75, 3.05) is 18.8 Å². The summed E-state index contributed by atoms with van der Waals surface area (Å²) in [7, 11) is 0. The van der Waals surface area contributed by atoms with Crippen LogP contribution in [-0.2, 0) is 24.3 Å². The van der Waals surface area contributed by atoms with Gasteiger partial charge in [-0.2, -0.15) is 4.52 Å². The van der Waals surface area contributed by atoms with Gasteiger partial charge in [-0.05, 0) is 31.7 Å². The number of fused-ring (bicyclic) bond motifs is 2. The predicted molar refractivity (Wildman–Crippen MR) is 127 cm³/mol. The molecule has 2 aromatic heterocycles. The van der Waals surface area contributed by atoms with E-state index in [2.05, 4.69) is 29.1 Å². The number of amides is 1. The van der Waals surface area contributed by atoms with E-state index < -0.39 is 0 Å². The van der Waals surface area contributed by atoms with E-state index in [1.54, 1.807) is 0 Å². The number of carbonyl (C=O) groups excluding carboxylic acids is 1. The summed E-state index contributed by atoms with van der Waals surface area (Å²) >= 11 is 2.81. The number of carbonyl (C=O) groups is 1. The largest absolute Gasteiger partial charge is 0.339 e. The average molecular weight is 470 g/mol. The van der Waals surface area contributed by atoms with Gasteiger partial charge in [-0.1, -0.05) is 53.4 Å². The molecule has 9 heteroatoms. The van der Waals surface area contributed by atoms with Crippen molar-refractivity contribution in [3.63, 3.8) is 0 Å². The van der Waals surface area contributed by atoms with Crippen LogP contribution in [0.1, 0.15) is 43.0 Å². The first kappa shape index (κ1) is 21.6. The Morgan fingerprint density at radius 2 is 2.06 bits per heavy atom. The molecule has 1 amide bonds. The summed E-state index contributed by atoms with van der Waals surface area (Å²) in [6.45, 7) is 5.25. The van der Waals surface area contributed by atoms with Crippen LogP contribution < -0.4 is 5.56 Å². The van der Waals surface area contributed by atoms with Crippen LogP contribution in [-0.4, -0.2) is 55.2 Å². The zero-order valence-electron chi connectivity index (χ0n) is 18.2. The molecule has 2 aliphatic heterocycles. The Kier molecular flexibility index (Phi) is 6.30. The molecule has 0 aliphatic carbocycles. The van der Waals surface area contributed by atoms with Crippen LogP contribution in [0.5, 0.6) is 0 Å². The smallest absolute Gasteiger partial charge is 0.279 e. The van der Waals surface area contributed by atoms with E-state index in [1.807, 2.05) is 23.1 Å². The molecule has 1 fully saturated rings. The monoisotopic (exact) mass is 469 g/mol. The van der Waals surface area contributed by atoms with Gasteiger partial charge in [0, 0.05) is 38.6 Å². The first-order valence-corrected chi connectivity index (χ1v) is 13.0. The van der Waals surface area contributed by atoms with Crippen molar-refractivity contribution < 1.29 is 4.79 Å². The van der Waals surface area contributed by atoms with Gasteiger partial charge in [-0.3, -0.25) is 14.5 Å². The summed E-state index contributed by atoms with van der Waals surface area (Å²) in [6, 6.07) is 10.6. The lowest BCUT2D eigenvalue weighted by Crippen LogP contribution is -2.42. The fourth-order valence-corrected chi connectivity index (χ4v) is 6.38. The molecule has 168 valence electrons. The molecule has 0 radical (unpaired) electrons. The van der Waals surface area contributed by atoms with Gasteiger partial charge in [0.15, 0.2) is 4.34 Å². The Bertz CT molecular complexity index is 1180. The number of piperidine rings is 1. The quantitative estimate of drug-likeness (QED) is 0.535. The Hall–Kier alpha value is -2.23. The number of likely N-dealkylation sites (tertiary alicyclic amines) is 1. The van der Waals surface area contributed by atoms with Crippen molar-refractivity contribution in [3.05, 3.63) is 57.5 Å². The number of benzene rings is 1. The summed E-state index contributed by atoms with van der Waals surface area (Å²) in [6.07, 6.45) is 4.11. The van der Waals surface area contributed by atoms with Crippen LogP contribution in [0.4, 0.5) is 0 Å². The number of hydrogen-bond acceptors (Lipinski definition) is 7. The van der Waals surface area contributed by atoms with Crippen molar-refractivity contribution in [1.82, 2.24) is 24.4 Å². The minimum Gasteiger partial charge on any atom is -0.339 e. The average Bonchev–Trinajstić information content (AvgIpc) is 3.22. The molecule has 7 nitrogen and oxygen atoms in total. The highest BCUT2D eigenvalue weighted by atomic mass is 32.2. The topological polar surface area (TPSA) is 70.8 Å². The van der Waals surface area contributed by atoms with E-state index in [0.717, 1.165) is 54.5 Å². The Morgan fingerprint density at radius 1 is 1.22 bits per heavy atom. The third-order valence-electron chi connectivity index (χ3n) is 6.31. The lowest BCUT2D eigenvalue weighted by Gasteiger charge is -2.33. The molecule has 0 bridgehead atoms. The maximum atomic E-state index is 13.2. The van der Waals surface area contributed by atoms with Crippen LogP contribution in [0.3, 0.4) is 0 Å². The summed E-state index contributed by atoms with van der Waals surface area (Å²) in [5.74, 6) is 0.501. The van der Waals surface area contributed by atoms with E-state index in [1.165, 1.54) is 39.6 Å². The van der Waals surface area contributed by atoms with Gasteiger partial charge in [0.1, 0.15) is 0 Å². The van der Waals surface area contributed by atoms with Crippen molar-refractivity contribution in [3.8, 4) is 0 Å². The zero-order chi connectivity index (χ0) is 22.1. The van der Waals surface area contributed by atoms with E-state index >= 15 is 0 Å². The van der Waals surface area contributed by atoms with Crippen LogP contribution in [0.2, 0.25) is 0 Å². The number of rotatable bonds is 5. The van der Waals surface area contributed by atoms with E-state index in [9.17, 15) is 9.59 Å². The molecule has 2 aliphatic rings. The van der Waals surface area contributed by atoms with Gasteiger partial charge in [0.05, 0.1) is 17.0 Å². The summed E-state index contributed by atoms with van der Waals surface area (Å²) in [4.78, 5) is 35.5. The van der Waals surface area contributed by atoms with Gasteiger partial charge < -0.3 is 4.90 Å². The van der Waals surface area contributed by atoms with Gasteiger partial charge in [-0.15, -0.1) is 5.10 Å². The molecular weight excluding hydrogens is 442 g/mol. The minimum absolute atomic E-state index is 0.0816. The second kappa shape index (κ2) is 9.33. The standard InChI is InChI=1S/C23H27N5O2S2/c1-16-7-5-6-11-27(16)20(29)15-31-23-25-28-21(30)18-14-26(13-17-8-3-2-4-9-17)12-10-19(18)24-22(28)32-23/h2-4,8-9,16H,5-7,10-15H2,1H3. The Morgan fingerprint density at radius 3 is 2.88 bits per heavy atom. The second-order valence-corrected chi connectivity index (χ2v) is 10.7. The molecule has 1 unspecified atom stereocenters. The molecular formula is C23H27N5O2S2. The number of nitrogens with zero attached hydrogens (tertiary/aromatic N) is 5. The third kappa shape index (κ3) is 4.46. The normalized spacial score (nSPS) is 19.3. The maximum Gasteiger partial charge on any atom is 0.279 e. The highest BCUT2D eigenvalue weighted by Gasteiger charge is 2.25. The zero-order valence-corrected chi connectivity index (χ0v) is 19.8. The number of thioether (sulfide) groups is 1. The lowest BCUT2D eigenvalue weighted by molar-refractivity contribution is -0.131. The molecule has 1 atom stereocenters. The van der Waals surface area contributed by atoms with Gasteiger partial charge in [0.2, 0.25) is 10.9 Å². The molecule has 0 saturated carbocycles. The lowest BCUT2D eigenvalue weighted by atomic mass is 10.0. The summed E-state index contributed by atoms with van der Waals surface area (Å²) in [5.41, 5.74) is 2.79. The Balaban J connectivity index is 1.30. The van der Waals surface area contributed by atoms with E-state index in [0.29, 0.717) is 23.3 Å². The van der Waals surface area contributed by atoms with Crippen LogP contribution in [0.25, 0.3) is 4.96 Å².